The first kappa shape index (κ1) is 10.6. The van der Waals surface area contributed by atoms with E-state index in [1.807, 2.05) is 18.2 Å². The van der Waals surface area contributed by atoms with E-state index in [1.165, 1.54) is 6.33 Å². The molecule has 0 radical (unpaired) electrons. The molecule has 0 amide bonds. The van der Waals surface area contributed by atoms with E-state index in [9.17, 15) is 0 Å². The van der Waals surface area contributed by atoms with Gasteiger partial charge in [0.05, 0.1) is 5.03 Å². The van der Waals surface area contributed by atoms with Crippen LogP contribution in [0.25, 0.3) is 0 Å². The molecule has 0 fully saturated rings. The summed E-state index contributed by atoms with van der Waals surface area (Å²) < 4.78 is 0. The molecule has 0 aliphatic rings. The fourth-order valence-corrected chi connectivity index (χ4v) is 1.99. The zero-order valence-electron chi connectivity index (χ0n) is 8.37. The van der Waals surface area contributed by atoms with Crippen LogP contribution in [0.3, 0.4) is 0 Å². The lowest BCUT2D eigenvalue weighted by molar-refractivity contribution is 1.04. The highest BCUT2D eigenvalue weighted by atomic mass is 32.2. The summed E-state index contributed by atoms with van der Waals surface area (Å²) in [5.74, 6) is 0.688. The predicted molar refractivity (Wildman–Crippen MR) is 60.5 cm³/mol. The fourth-order valence-electron chi connectivity index (χ4n) is 1.17. The zero-order chi connectivity index (χ0) is 11.2. The van der Waals surface area contributed by atoms with E-state index in [-0.39, 0.29) is 0 Å². The van der Waals surface area contributed by atoms with Gasteiger partial charge in [-0.05, 0) is 17.7 Å². The molecule has 0 N–H and O–H groups in total. The topological polar surface area (TPSA) is 62.5 Å². The number of thioether (sulfide) groups is 1. The van der Waals surface area contributed by atoms with E-state index < -0.39 is 0 Å². The molecule has 16 heavy (non-hydrogen) atoms. The third-order valence-electron chi connectivity index (χ3n) is 1.93. The Hall–Kier alpha value is -1.93. The lowest BCUT2D eigenvalue weighted by Crippen LogP contribution is -1.91. The fraction of sp³-hybridized carbons (Fsp3) is 0.0909. The molecule has 2 aromatic heterocycles. The van der Waals surface area contributed by atoms with Crippen molar-refractivity contribution in [3.05, 3.63) is 48.2 Å². The number of pyridine rings is 1. The Morgan fingerprint density at radius 2 is 2.19 bits per heavy atom. The summed E-state index contributed by atoms with van der Waals surface area (Å²) in [7, 11) is 0. The minimum atomic E-state index is 0.476. The second kappa shape index (κ2) is 5.24. The standard InChI is InChI=1S/C11H8N4S/c12-6-10-9(2-1-4-14-10)7-16-11-3-5-13-8-15-11/h1-5,8H,7H2. The van der Waals surface area contributed by atoms with Gasteiger partial charge in [0.15, 0.2) is 0 Å². The molecule has 0 spiro atoms. The van der Waals surface area contributed by atoms with Crippen LogP contribution in [0.1, 0.15) is 11.3 Å². The van der Waals surface area contributed by atoms with E-state index in [2.05, 4.69) is 21.0 Å². The van der Waals surface area contributed by atoms with Crippen LogP contribution in [0.15, 0.2) is 41.9 Å². The van der Waals surface area contributed by atoms with Crippen LogP contribution in [0.2, 0.25) is 0 Å². The molecule has 0 aromatic carbocycles. The van der Waals surface area contributed by atoms with Crippen LogP contribution in [0.5, 0.6) is 0 Å². The van der Waals surface area contributed by atoms with Crippen LogP contribution >= 0.6 is 11.8 Å². The first-order valence-corrected chi connectivity index (χ1v) is 5.61. The van der Waals surface area contributed by atoms with Crippen molar-refractivity contribution >= 4 is 11.8 Å². The largest absolute Gasteiger partial charge is 0.245 e. The molecule has 0 saturated carbocycles. The van der Waals surface area contributed by atoms with Crippen molar-refractivity contribution in [2.24, 2.45) is 0 Å². The maximum Gasteiger partial charge on any atom is 0.144 e. The van der Waals surface area contributed by atoms with Crippen LogP contribution in [-0.4, -0.2) is 15.0 Å². The Morgan fingerprint density at radius 1 is 1.25 bits per heavy atom. The van der Waals surface area contributed by atoms with Crippen molar-refractivity contribution < 1.29 is 0 Å². The van der Waals surface area contributed by atoms with Crippen molar-refractivity contribution in [2.75, 3.05) is 0 Å². The molecule has 0 atom stereocenters. The first-order chi connectivity index (χ1) is 7.90. The number of rotatable bonds is 3. The monoisotopic (exact) mass is 228 g/mol. The Kier molecular flexibility index (Phi) is 3.46. The minimum Gasteiger partial charge on any atom is -0.245 e. The van der Waals surface area contributed by atoms with Crippen molar-refractivity contribution in [1.82, 2.24) is 15.0 Å². The lowest BCUT2D eigenvalue weighted by Gasteiger charge is -2.01. The minimum absolute atomic E-state index is 0.476. The lowest BCUT2D eigenvalue weighted by atomic mass is 10.2. The number of aromatic nitrogens is 3. The van der Waals surface area contributed by atoms with Crippen LogP contribution < -0.4 is 0 Å². The summed E-state index contributed by atoms with van der Waals surface area (Å²) in [5.41, 5.74) is 1.40. The summed E-state index contributed by atoms with van der Waals surface area (Å²) >= 11 is 1.56. The highest BCUT2D eigenvalue weighted by Crippen LogP contribution is 2.20. The second-order valence-electron chi connectivity index (χ2n) is 2.96. The Balaban J connectivity index is 2.09. The number of hydrogen-bond acceptors (Lipinski definition) is 5. The number of hydrogen-bond donors (Lipinski definition) is 0. The van der Waals surface area contributed by atoms with Crippen LogP contribution in [-0.2, 0) is 5.75 Å². The Morgan fingerprint density at radius 3 is 2.94 bits per heavy atom. The number of nitriles is 1. The van der Waals surface area contributed by atoms with Crippen LogP contribution in [0, 0.1) is 11.3 Å². The molecule has 4 nitrogen and oxygen atoms in total. The summed E-state index contributed by atoms with van der Waals surface area (Å²) in [4.78, 5) is 11.9. The van der Waals surface area contributed by atoms with Gasteiger partial charge in [0.1, 0.15) is 18.1 Å². The van der Waals surface area contributed by atoms with Crippen molar-refractivity contribution in [1.29, 1.82) is 5.26 Å². The van der Waals surface area contributed by atoms with Gasteiger partial charge in [-0.15, -0.1) is 11.8 Å². The van der Waals surface area contributed by atoms with Crippen molar-refractivity contribution in [3.8, 4) is 6.07 Å². The molecule has 0 aliphatic carbocycles. The molecule has 78 valence electrons. The summed E-state index contributed by atoms with van der Waals surface area (Å²) in [5, 5.41) is 9.76. The average Bonchev–Trinajstić information content (AvgIpc) is 2.38. The third kappa shape index (κ3) is 2.55. The Labute approximate surface area is 97.4 Å². The van der Waals surface area contributed by atoms with Gasteiger partial charge in [-0.2, -0.15) is 5.26 Å². The summed E-state index contributed by atoms with van der Waals surface area (Å²) in [6.45, 7) is 0. The maximum atomic E-state index is 8.87. The molecule has 2 aromatic rings. The molecule has 0 bridgehead atoms. The zero-order valence-corrected chi connectivity index (χ0v) is 9.18. The smallest absolute Gasteiger partial charge is 0.144 e. The van der Waals surface area contributed by atoms with Gasteiger partial charge in [-0.25, -0.2) is 15.0 Å². The van der Waals surface area contributed by atoms with E-state index in [0.29, 0.717) is 11.4 Å². The van der Waals surface area contributed by atoms with Gasteiger partial charge >= 0.3 is 0 Å². The molecule has 0 unspecified atom stereocenters. The van der Waals surface area contributed by atoms with Gasteiger partial charge in [0.2, 0.25) is 0 Å². The molecular weight excluding hydrogens is 220 g/mol. The van der Waals surface area contributed by atoms with Crippen molar-refractivity contribution in [2.45, 2.75) is 10.8 Å². The van der Waals surface area contributed by atoms with Gasteiger partial charge in [-0.3, -0.25) is 0 Å². The van der Waals surface area contributed by atoms with Gasteiger partial charge in [0, 0.05) is 18.1 Å². The quantitative estimate of drug-likeness (QED) is 0.594. The van der Waals surface area contributed by atoms with Crippen molar-refractivity contribution in [3.63, 3.8) is 0 Å². The van der Waals surface area contributed by atoms with Gasteiger partial charge in [0.25, 0.3) is 0 Å². The molecule has 0 aliphatic heterocycles. The Bertz CT molecular complexity index is 507. The van der Waals surface area contributed by atoms with Gasteiger partial charge in [-0.1, -0.05) is 6.07 Å². The predicted octanol–water partition coefficient (Wildman–Crippen LogP) is 2.04. The molecule has 2 heterocycles. The highest BCUT2D eigenvalue weighted by molar-refractivity contribution is 7.98. The number of nitrogens with zero attached hydrogens (tertiary/aromatic N) is 4. The highest BCUT2D eigenvalue weighted by Gasteiger charge is 2.03. The second-order valence-corrected chi connectivity index (χ2v) is 3.95. The normalized spacial score (nSPS) is 9.69. The summed E-state index contributed by atoms with van der Waals surface area (Å²) in [6.07, 6.45) is 4.83. The van der Waals surface area contributed by atoms with Crippen LogP contribution in [0.4, 0.5) is 0 Å². The molecule has 5 heteroatoms. The molecule has 2 rings (SSSR count). The molecule has 0 saturated heterocycles. The molecular formula is C11H8N4S. The van der Waals surface area contributed by atoms with E-state index >= 15 is 0 Å². The maximum absolute atomic E-state index is 8.87. The van der Waals surface area contributed by atoms with Gasteiger partial charge < -0.3 is 0 Å². The van der Waals surface area contributed by atoms with E-state index in [4.69, 9.17) is 5.26 Å². The van der Waals surface area contributed by atoms with E-state index in [1.54, 1.807) is 24.2 Å². The third-order valence-corrected chi connectivity index (χ3v) is 2.92. The van der Waals surface area contributed by atoms with E-state index in [0.717, 1.165) is 10.6 Å². The first-order valence-electron chi connectivity index (χ1n) is 4.63. The average molecular weight is 228 g/mol. The SMILES string of the molecule is N#Cc1ncccc1CSc1ccncn1. The summed E-state index contributed by atoms with van der Waals surface area (Å²) in [6, 6.07) is 7.65.